The lowest BCUT2D eigenvalue weighted by Crippen LogP contribution is -2.53. The van der Waals surface area contributed by atoms with Crippen molar-refractivity contribution in [2.45, 2.75) is 58.8 Å². The molecule has 6 heteroatoms. The van der Waals surface area contributed by atoms with E-state index < -0.39 is 0 Å². The molecule has 0 radical (unpaired) electrons. The van der Waals surface area contributed by atoms with Gasteiger partial charge in [0.2, 0.25) is 0 Å². The van der Waals surface area contributed by atoms with Gasteiger partial charge in [0.15, 0.2) is 0 Å². The van der Waals surface area contributed by atoms with Gasteiger partial charge in [-0.05, 0) is 34.6 Å². The Hall–Kier alpha value is -0.650. The van der Waals surface area contributed by atoms with E-state index in [1.54, 1.807) is 0 Å². The van der Waals surface area contributed by atoms with Gasteiger partial charge in [-0.15, -0.1) is 17.5 Å². The SMILES string of the molecule is CC1CN(Cc2cn(C(C)(C)C)nn2)CC(C)N1.Cl. The zero-order valence-electron chi connectivity index (χ0n) is 12.6. The number of hydrogen-bond donors (Lipinski definition) is 1. The van der Waals surface area contributed by atoms with E-state index in [9.17, 15) is 0 Å². The average Bonchev–Trinajstić information content (AvgIpc) is 2.63. The molecule has 1 aliphatic heterocycles. The fourth-order valence-electron chi connectivity index (χ4n) is 2.50. The quantitative estimate of drug-likeness (QED) is 0.898. The van der Waals surface area contributed by atoms with Crippen LogP contribution >= 0.6 is 12.4 Å². The highest BCUT2D eigenvalue weighted by molar-refractivity contribution is 5.85. The number of piperazine rings is 1. The van der Waals surface area contributed by atoms with Crippen LogP contribution < -0.4 is 5.32 Å². The van der Waals surface area contributed by atoms with Crippen LogP contribution in [-0.4, -0.2) is 45.1 Å². The van der Waals surface area contributed by atoms with Crippen molar-refractivity contribution >= 4 is 12.4 Å². The first-order chi connectivity index (χ1) is 8.34. The van der Waals surface area contributed by atoms with Crippen molar-refractivity contribution < 1.29 is 0 Å². The van der Waals surface area contributed by atoms with Crippen LogP contribution in [0.1, 0.15) is 40.3 Å². The lowest BCUT2D eigenvalue weighted by Gasteiger charge is -2.35. The molecule has 2 heterocycles. The molecule has 2 atom stereocenters. The zero-order valence-corrected chi connectivity index (χ0v) is 13.4. The standard InChI is InChI=1S/C13H25N5.ClH/c1-10-6-17(7-11(2)14-10)8-12-9-18(16-15-12)13(3,4)5;/h9-11,14H,6-8H2,1-5H3;1H. The number of halogens is 1. The molecule has 0 bridgehead atoms. The highest BCUT2D eigenvalue weighted by atomic mass is 35.5. The summed E-state index contributed by atoms with van der Waals surface area (Å²) in [4.78, 5) is 2.45. The zero-order chi connectivity index (χ0) is 13.3. The molecular formula is C13H26ClN5. The fraction of sp³-hybridized carbons (Fsp3) is 0.846. The fourth-order valence-corrected chi connectivity index (χ4v) is 2.50. The Kier molecular flexibility index (Phi) is 5.35. The highest BCUT2D eigenvalue weighted by Crippen LogP contribution is 2.13. The van der Waals surface area contributed by atoms with Crippen LogP contribution in [-0.2, 0) is 12.1 Å². The van der Waals surface area contributed by atoms with Crippen molar-refractivity contribution in [1.29, 1.82) is 0 Å². The predicted octanol–water partition coefficient (Wildman–Crippen LogP) is 1.64. The summed E-state index contributed by atoms with van der Waals surface area (Å²) in [6.45, 7) is 13.9. The van der Waals surface area contributed by atoms with Crippen LogP contribution in [0.25, 0.3) is 0 Å². The van der Waals surface area contributed by atoms with Crippen molar-refractivity contribution in [3.8, 4) is 0 Å². The van der Waals surface area contributed by atoms with Crippen LogP contribution in [0.4, 0.5) is 0 Å². The smallest absolute Gasteiger partial charge is 0.0967 e. The molecule has 110 valence electrons. The first-order valence-corrected chi connectivity index (χ1v) is 6.74. The summed E-state index contributed by atoms with van der Waals surface area (Å²) in [7, 11) is 0. The Morgan fingerprint density at radius 2 is 1.84 bits per heavy atom. The monoisotopic (exact) mass is 287 g/mol. The number of rotatable bonds is 2. The average molecular weight is 288 g/mol. The van der Waals surface area contributed by atoms with Crippen molar-refractivity contribution in [2.75, 3.05) is 13.1 Å². The molecule has 0 saturated carbocycles. The molecule has 0 aromatic carbocycles. The molecule has 0 aliphatic carbocycles. The summed E-state index contributed by atoms with van der Waals surface area (Å²) in [6, 6.07) is 1.10. The van der Waals surface area contributed by atoms with Gasteiger partial charge in [0.1, 0.15) is 0 Å². The Bertz CT molecular complexity index is 388. The molecule has 1 aromatic rings. The lowest BCUT2D eigenvalue weighted by molar-refractivity contribution is 0.165. The van der Waals surface area contributed by atoms with Crippen molar-refractivity contribution in [1.82, 2.24) is 25.2 Å². The summed E-state index contributed by atoms with van der Waals surface area (Å²) in [5.41, 5.74) is 1.07. The van der Waals surface area contributed by atoms with Crippen LogP contribution in [0.5, 0.6) is 0 Å². The maximum atomic E-state index is 4.28. The van der Waals surface area contributed by atoms with Crippen LogP contribution in [0.3, 0.4) is 0 Å². The van der Waals surface area contributed by atoms with Crippen LogP contribution in [0, 0.1) is 0 Å². The number of hydrogen-bond acceptors (Lipinski definition) is 4. The molecule has 2 rings (SSSR count). The molecule has 1 N–H and O–H groups in total. The van der Waals surface area contributed by atoms with Gasteiger partial charge in [-0.3, -0.25) is 4.90 Å². The van der Waals surface area contributed by atoms with Gasteiger partial charge in [-0.2, -0.15) is 0 Å². The van der Waals surface area contributed by atoms with Crippen LogP contribution in [0.2, 0.25) is 0 Å². The van der Waals surface area contributed by atoms with Gasteiger partial charge in [0.25, 0.3) is 0 Å². The maximum Gasteiger partial charge on any atom is 0.0967 e. The third-order valence-corrected chi connectivity index (χ3v) is 3.25. The predicted molar refractivity (Wildman–Crippen MR) is 79.6 cm³/mol. The van der Waals surface area contributed by atoms with Crippen molar-refractivity contribution in [3.63, 3.8) is 0 Å². The second-order valence-corrected chi connectivity index (χ2v) is 6.49. The minimum Gasteiger partial charge on any atom is -0.309 e. The van der Waals surface area contributed by atoms with E-state index in [0.717, 1.165) is 25.3 Å². The van der Waals surface area contributed by atoms with Crippen molar-refractivity contribution in [2.24, 2.45) is 0 Å². The second kappa shape index (κ2) is 6.20. The molecule has 0 amide bonds. The van der Waals surface area contributed by atoms with E-state index in [1.807, 2.05) is 4.68 Å². The molecule has 0 spiro atoms. The summed E-state index contributed by atoms with van der Waals surface area (Å²) in [6.07, 6.45) is 2.07. The van der Waals surface area contributed by atoms with E-state index in [0.29, 0.717) is 12.1 Å². The molecule has 1 fully saturated rings. The second-order valence-electron chi connectivity index (χ2n) is 6.49. The minimum absolute atomic E-state index is 0. The van der Waals surface area contributed by atoms with Crippen molar-refractivity contribution in [3.05, 3.63) is 11.9 Å². The van der Waals surface area contributed by atoms with E-state index in [-0.39, 0.29) is 17.9 Å². The Balaban J connectivity index is 0.00000180. The normalized spacial score (nSPS) is 25.1. The van der Waals surface area contributed by atoms with E-state index in [4.69, 9.17) is 0 Å². The van der Waals surface area contributed by atoms with E-state index >= 15 is 0 Å². The van der Waals surface area contributed by atoms with E-state index in [2.05, 4.69) is 61.3 Å². The third-order valence-electron chi connectivity index (χ3n) is 3.25. The largest absolute Gasteiger partial charge is 0.309 e. The maximum absolute atomic E-state index is 4.28. The highest BCUT2D eigenvalue weighted by Gasteiger charge is 2.22. The number of aromatic nitrogens is 3. The molecule has 1 aromatic heterocycles. The minimum atomic E-state index is 0. The molecule has 1 saturated heterocycles. The van der Waals surface area contributed by atoms with Crippen LogP contribution in [0.15, 0.2) is 6.20 Å². The summed E-state index contributed by atoms with van der Waals surface area (Å²) >= 11 is 0. The first-order valence-electron chi connectivity index (χ1n) is 6.74. The molecule has 2 unspecified atom stereocenters. The molecule has 19 heavy (non-hydrogen) atoms. The molecular weight excluding hydrogens is 262 g/mol. The van der Waals surface area contributed by atoms with Gasteiger partial charge in [0, 0.05) is 31.7 Å². The molecule has 1 aliphatic rings. The van der Waals surface area contributed by atoms with Gasteiger partial charge >= 0.3 is 0 Å². The van der Waals surface area contributed by atoms with Gasteiger partial charge in [-0.25, -0.2) is 4.68 Å². The first kappa shape index (κ1) is 16.4. The summed E-state index contributed by atoms with van der Waals surface area (Å²) in [5, 5.41) is 12.0. The lowest BCUT2D eigenvalue weighted by atomic mass is 10.1. The summed E-state index contributed by atoms with van der Waals surface area (Å²) in [5.74, 6) is 0. The van der Waals surface area contributed by atoms with Gasteiger partial charge in [0.05, 0.1) is 17.4 Å². The number of nitrogens with one attached hydrogen (secondary N) is 1. The number of nitrogens with zero attached hydrogens (tertiary/aromatic N) is 4. The van der Waals surface area contributed by atoms with Gasteiger partial charge in [-0.1, -0.05) is 5.21 Å². The Morgan fingerprint density at radius 3 is 2.32 bits per heavy atom. The topological polar surface area (TPSA) is 46.0 Å². The Morgan fingerprint density at radius 1 is 1.26 bits per heavy atom. The van der Waals surface area contributed by atoms with Gasteiger partial charge < -0.3 is 5.32 Å². The van der Waals surface area contributed by atoms with E-state index in [1.165, 1.54) is 0 Å². The summed E-state index contributed by atoms with van der Waals surface area (Å²) < 4.78 is 1.94. The molecule has 5 nitrogen and oxygen atoms in total. The Labute approximate surface area is 122 Å². The third kappa shape index (κ3) is 4.44.